The molecule has 16 heteroatoms. The normalized spacial score (nSPS) is 19.9. The molecule has 1 atom stereocenters. The van der Waals surface area contributed by atoms with Gasteiger partial charge in [-0.05, 0) is 98.0 Å². The molecule has 3 aromatic carbocycles. The zero-order valence-electron chi connectivity index (χ0n) is 33.3. The average Bonchev–Trinajstić information content (AvgIpc) is 3.89. The van der Waals surface area contributed by atoms with Crippen LogP contribution < -0.4 is 10.1 Å². The number of likely N-dealkylation sites (tertiary alicyclic amines) is 2. The highest BCUT2D eigenvalue weighted by Gasteiger charge is 2.44. The number of piperidine rings is 1. The minimum absolute atomic E-state index is 0.0855. The van der Waals surface area contributed by atoms with E-state index in [9.17, 15) is 14.4 Å². The highest BCUT2D eigenvalue weighted by Crippen LogP contribution is 2.42. The molecule has 1 aromatic heterocycles. The first kappa shape index (κ1) is 41.4. The summed E-state index contributed by atoms with van der Waals surface area (Å²) in [5, 5.41) is 16.3. The molecule has 1 unspecified atom stereocenters. The molecule has 3 fully saturated rings. The number of carbonyl (C=O) groups is 3. The number of ether oxygens (including phenoxy) is 2. The predicted molar refractivity (Wildman–Crippen MR) is 221 cm³/mol. The van der Waals surface area contributed by atoms with E-state index in [0.29, 0.717) is 78.7 Å². The summed E-state index contributed by atoms with van der Waals surface area (Å²) in [7, 11) is 1.56. The van der Waals surface area contributed by atoms with Gasteiger partial charge < -0.3 is 29.5 Å². The van der Waals surface area contributed by atoms with Crippen molar-refractivity contribution in [1.82, 2.24) is 45.1 Å². The van der Waals surface area contributed by atoms with Crippen LogP contribution in [0.2, 0.25) is 10.0 Å². The second-order valence-electron chi connectivity index (χ2n) is 15.4. The molecule has 0 bridgehead atoms. The van der Waals surface area contributed by atoms with Crippen LogP contribution in [0.25, 0.3) is 5.69 Å². The molecule has 3 amide bonds. The van der Waals surface area contributed by atoms with Gasteiger partial charge in [0.25, 0.3) is 5.91 Å². The Morgan fingerprint density at radius 3 is 2.26 bits per heavy atom. The van der Waals surface area contributed by atoms with Crippen molar-refractivity contribution in [3.05, 3.63) is 99.3 Å². The fraction of sp³-hybridized carbons (Fsp3) is 0.476. The van der Waals surface area contributed by atoms with Crippen LogP contribution >= 0.6 is 23.2 Å². The maximum absolute atomic E-state index is 14.3. The van der Waals surface area contributed by atoms with Crippen LogP contribution in [0.4, 0.5) is 4.79 Å². The van der Waals surface area contributed by atoms with Crippen LogP contribution in [-0.2, 0) is 20.5 Å². The number of hydrogen-bond donors (Lipinski definition) is 1. The number of esters is 1. The Balaban J connectivity index is 1.05. The van der Waals surface area contributed by atoms with Gasteiger partial charge in [-0.1, -0.05) is 59.6 Å². The Bertz CT molecular complexity index is 2090. The zero-order valence-corrected chi connectivity index (χ0v) is 34.8. The second kappa shape index (κ2) is 18.0. The molecule has 3 aliphatic rings. The maximum Gasteiger partial charge on any atom is 0.320 e. The third-order valence-corrected chi connectivity index (χ3v) is 12.8. The van der Waals surface area contributed by atoms with E-state index in [1.807, 2.05) is 57.2 Å². The van der Waals surface area contributed by atoms with Crippen LogP contribution in [0.5, 0.6) is 5.75 Å². The van der Waals surface area contributed by atoms with Gasteiger partial charge in [-0.15, -0.1) is 5.10 Å². The fourth-order valence-electron chi connectivity index (χ4n) is 8.65. The van der Waals surface area contributed by atoms with Gasteiger partial charge in [0, 0.05) is 57.8 Å². The first-order valence-electron chi connectivity index (χ1n) is 19.9. The highest BCUT2D eigenvalue weighted by atomic mass is 35.5. The summed E-state index contributed by atoms with van der Waals surface area (Å²) in [6.07, 6.45) is 3.02. The molecule has 0 aliphatic carbocycles. The van der Waals surface area contributed by atoms with Crippen molar-refractivity contribution < 1.29 is 23.9 Å². The monoisotopic (exact) mass is 831 g/mol. The first-order chi connectivity index (χ1) is 28.0. The molecule has 7 rings (SSSR count). The molecule has 0 spiro atoms. The first-order valence-corrected chi connectivity index (χ1v) is 20.7. The number of tetrazole rings is 1. The third kappa shape index (κ3) is 8.95. The molecule has 3 saturated heterocycles. The molecule has 0 saturated carbocycles. The molecular weight excluding hydrogens is 781 g/mol. The number of methoxy groups -OCH3 is 1. The van der Waals surface area contributed by atoms with Crippen molar-refractivity contribution in [1.29, 1.82) is 0 Å². The summed E-state index contributed by atoms with van der Waals surface area (Å²) >= 11 is 13.0. The van der Waals surface area contributed by atoms with Crippen LogP contribution in [0.3, 0.4) is 0 Å². The second-order valence-corrected chi connectivity index (χ2v) is 16.3. The zero-order chi connectivity index (χ0) is 40.9. The number of hydrogen-bond acceptors (Lipinski definition) is 10. The quantitative estimate of drug-likeness (QED) is 0.186. The number of carbonyl (C=O) groups excluding carboxylic acids is 3. The minimum Gasteiger partial charge on any atom is -0.496 e. The van der Waals surface area contributed by atoms with E-state index in [-0.39, 0.29) is 29.9 Å². The van der Waals surface area contributed by atoms with Gasteiger partial charge in [-0.3, -0.25) is 14.5 Å². The molecule has 0 radical (unpaired) electrons. The summed E-state index contributed by atoms with van der Waals surface area (Å²) in [6, 6.07) is 21.4. The number of nitrogens with zero attached hydrogens (tertiary/aromatic N) is 8. The number of nitrogens with one attached hydrogen (secondary N) is 1. The lowest BCUT2D eigenvalue weighted by molar-refractivity contribution is -0.144. The van der Waals surface area contributed by atoms with Crippen molar-refractivity contribution in [3.63, 3.8) is 0 Å². The van der Waals surface area contributed by atoms with Crippen molar-refractivity contribution in [2.75, 3.05) is 79.2 Å². The Kier molecular flexibility index (Phi) is 12.9. The lowest BCUT2D eigenvalue weighted by Crippen LogP contribution is -2.59. The van der Waals surface area contributed by atoms with E-state index < -0.39 is 5.54 Å². The van der Waals surface area contributed by atoms with Crippen molar-refractivity contribution in [3.8, 4) is 11.4 Å². The van der Waals surface area contributed by atoms with Gasteiger partial charge in [0.15, 0.2) is 5.82 Å². The molecule has 4 aromatic rings. The highest BCUT2D eigenvalue weighted by molar-refractivity contribution is 6.42. The standard InChI is InChI=1S/C42H51Cl2N9O5/c1-4-58-38(54)28-50-22-24-51(25-23-50)40(56)45-42(31-8-6-5-7-9-31)16-19-49(20-17-42)18-14-41(32-10-12-35(43)36(44)26-32)15-21-52(29-41)39(55)34-27-33(11-13-37(34)57-3)53-30(2)46-47-48-53/h5-13,26-27H,4,14-25,28-29H2,1-3H3,(H,45,56). The van der Waals surface area contributed by atoms with Gasteiger partial charge in [0.1, 0.15) is 5.75 Å². The van der Waals surface area contributed by atoms with Gasteiger partial charge in [-0.2, -0.15) is 4.68 Å². The maximum atomic E-state index is 14.3. The Labute approximate surface area is 349 Å². The van der Waals surface area contributed by atoms with E-state index in [0.717, 1.165) is 56.4 Å². The average molecular weight is 833 g/mol. The van der Waals surface area contributed by atoms with Crippen LogP contribution in [0, 0.1) is 6.92 Å². The van der Waals surface area contributed by atoms with E-state index >= 15 is 0 Å². The Hall–Kier alpha value is -4.76. The molecule has 4 heterocycles. The largest absolute Gasteiger partial charge is 0.496 e. The van der Waals surface area contributed by atoms with Crippen LogP contribution in [0.1, 0.15) is 59.9 Å². The summed E-state index contributed by atoms with van der Waals surface area (Å²) in [5.41, 5.74) is 2.35. The van der Waals surface area contributed by atoms with E-state index in [1.54, 1.807) is 37.8 Å². The Morgan fingerprint density at radius 2 is 1.59 bits per heavy atom. The predicted octanol–water partition coefficient (Wildman–Crippen LogP) is 5.34. The molecular formula is C42H51Cl2N9O5. The summed E-state index contributed by atoms with van der Waals surface area (Å²) in [4.78, 5) is 48.5. The third-order valence-electron chi connectivity index (χ3n) is 12.1. The van der Waals surface area contributed by atoms with Gasteiger partial charge >= 0.3 is 12.0 Å². The molecule has 1 N–H and O–H groups in total. The summed E-state index contributed by atoms with van der Waals surface area (Å²) < 4.78 is 12.4. The summed E-state index contributed by atoms with van der Waals surface area (Å²) in [6.45, 7) is 9.90. The molecule has 3 aliphatic heterocycles. The van der Waals surface area contributed by atoms with E-state index in [2.05, 4.69) is 37.9 Å². The number of amides is 3. The summed E-state index contributed by atoms with van der Waals surface area (Å²) in [5.74, 6) is 0.710. The van der Waals surface area contributed by atoms with Crippen LogP contribution in [0.15, 0.2) is 66.7 Å². The van der Waals surface area contributed by atoms with E-state index in [1.165, 1.54) is 0 Å². The SMILES string of the molecule is CCOC(=O)CN1CCN(C(=O)NC2(c3ccccc3)CCN(CCC3(c4ccc(Cl)c(Cl)c4)CCN(C(=O)c4cc(-n5nnnc5C)ccc4OC)C3)CC2)CC1. The number of rotatable bonds is 12. The Morgan fingerprint density at radius 1 is 0.828 bits per heavy atom. The number of aromatic nitrogens is 4. The smallest absolute Gasteiger partial charge is 0.320 e. The minimum atomic E-state index is -0.524. The molecule has 14 nitrogen and oxygen atoms in total. The number of aryl methyl sites for hydroxylation is 1. The number of benzene rings is 3. The number of halogens is 2. The molecule has 308 valence electrons. The van der Waals surface area contributed by atoms with Crippen molar-refractivity contribution in [2.24, 2.45) is 0 Å². The lowest BCUT2D eigenvalue weighted by atomic mass is 9.76. The van der Waals surface area contributed by atoms with Crippen molar-refractivity contribution >= 4 is 41.1 Å². The van der Waals surface area contributed by atoms with Crippen molar-refractivity contribution in [2.45, 2.75) is 50.5 Å². The fourth-order valence-corrected chi connectivity index (χ4v) is 8.94. The number of piperazine rings is 1. The number of urea groups is 1. The van der Waals surface area contributed by atoms with Gasteiger partial charge in [-0.25, -0.2) is 4.79 Å². The van der Waals surface area contributed by atoms with Gasteiger partial charge in [0.2, 0.25) is 0 Å². The topological polar surface area (TPSA) is 138 Å². The van der Waals surface area contributed by atoms with Crippen LogP contribution in [-0.4, -0.2) is 137 Å². The molecule has 58 heavy (non-hydrogen) atoms. The van der Waals surface area contributed by atoms with Gasteiger partial charge in [0.05, 0.1) is 47.1 Å². The lowest BCUT2D eigenvalue weighted by Gasteiger charge is -2.45. The van der Waals surface area contributed by atoms with E-state index in [4.69, 9.17) is 32.7 Å².